The van der Waals surface area contributed by atoms with Gasteiger partial charge in [-0.25, -0.2) is 0 Å². The normalized spacial score (nSPS) is 18.3. The van der Waals surface area contributed by atoms with E-state index in [2.05, 4.69) is 10.5 Å². The highest BCUT2D eigenvalue weighted by Gasteiger charge is 2.42. The zero-order chi connectivity index (χ0) is 14.2. The van der Waals surface area contributed by atoms with Crippen LogP contribution in [0.5, 0.6) is 0 Å². The third kappa shape index (κ3) is 2.11. The molecule has 0 aliphatic carbocycles. The van der Waals surface area contributed by atoms with Crippen LogP contribution in [-0.4, -0.2) is 40.5 Å². The fourth-order valence-electron chi connectivity index (χ4n) is 2.32. The number of aromatic nitrogens is 1. The van der Waals surface area contributed by atoms with Crippen molar-refractivity contribution in [1.29, 1.82) is 0 Å². The van der Waals surface area contributed by atoms with Gasteiger partial charge in [0.15, 0.2) is 0 Å². The van der Waals surface area contributed by atoms with Gasteiger partial charge in [0.05, 0.1) is 5.69 Å². The fourth-order valence-corrected chi connectivity index (χ4v) is 2.32. The highest BCUT2D eigenvalue weighted by molar-refractivity contribution is 6.00. The predicted octanol–water partition coefficient (Wildman–Crippen LogP) is 0.896. The molecule has 1 N–H and O–H groups in total. The van der Waals surface area contributed by atoms with Gasteiger partial charge in [-0.1, -0.05) is 12.1 Å². The number of nitrogens with one attached hydrogen (secondary N) is 1. The smallest absolute Gasteiger partial charge is 0.260 e. The van der Waals surface area contributed by atoms with Gasteiger partial charge in [0, 0.05) is 13.1 Å². The number of hydrogen-bond acceptors (Lipinski definition) is 4. The molecule has 6 heteroatoms. The SMILES string of the molecule is CCc1noc(C)c1C(=O)N1CCNC(=O)C1(C)C. The summed E-state index contributed by atoms with van der Waals surface area (Å²) < 4.78 is 5.10. The Bertz CT molecular complexity index is 519. The molecular formula is C13H19N3O3. The van der Waals surface area contributed by atoms with Crippen LogP contribution in [0.15, 0.2) is 4.52 Å². The fraction of sp³-hybridized carbons (Fsp3) is 0.615. The summed E-state index contributed by atoms with van der Waals surface area (Å²) in [7, 11) is 0. The standard InChI is InChI=1S/C13H19N3O3/c1-5-9-10(8(2)19-15-9)11(17)16-7-6-14-12(18)13(16,3)4/h5-7H2,1-4H3,(H,14,18). The lowest BCUT2D eigenvalue weighted by Crippen LogP contribution is -2.63. The molecule has 0 radical (unpaired) electrons. The van der Waals surface area contributed by atoms with Crippen molar-refractivity contribution in [3.8, 4) is 0 Å². The highest BCUT2D eigenvalue weighted by atomic mass is 16.5. The van der Waals surface area contributed by atoms with Gasteiger partial charge in [-0.05, 0) is 27.2 Å². The van der Waals surface area contributed by atoms with Crippen molar-refractivity contribution in [1.82, 2.24) is 15.4 Å². The van der Waals surface area contributed by atoms with Crippen LogP contribution in [0.3, 0.4) is 0 Å². The summed E-state index contributed by atoms with van der Waals surface area (Å²) in [6, 6.07) is 0. The van der Waals surface area contributed by atoms with E-state index in [0.29, 0.717) is 36.5 Å². The molecule has 1 aliphatic heterocycles. The summed E-state index contributed by atoms with van der Waals surface area (Å²) >= 11 is 0. The highest BCUT2D eigenvalue weighted by Crippen LogP contribution is 2.24. The van der Waals surface area contributed by atoms with Crippen molar-refractivity contribution in [2.75, 3.05) is 13.1 Å². The van der Waals surface area contributed by atoms with Crippen molar-refractivity contribution in [3.05, 3.63) is 17.0 Å². The first-order valence-electron chi connectivity index (χ1n) is 6.45. The third-order valence-corrected chi connectivity index (χ3v) is 3.58. The molecule has 1 aromatic heterocycles. The molecule has 2 heterocycles. The molecule has 19 heavy (non-hydrogen) atoms. The summed E-state index contributed by atoms with van der Waals surface area (Å²) in [6.45, 7) is 8.09. The maximum absolute atomic E-state index is 12.7. The van der Waals surface area contributed by atoms with E-state index in [1.54, 1.807) is 25.7 Å². The quantitative estimate of drug-likeness (QED) is 0.862. The largest absolute Gasteiger partial charge is 0.361 e. The lowest BCUT2D eigenvalue weighted by Gasteiger charge is -2.41. The van der Waals surface area contributed by atoms with E-state index in [9.17, 15) is 9.59 Å². The Kier molecular flexibility index (Phi) is 3.34. The van der Waals surface area contributed by atoms with Crippen LogP contribution in [0.1, 0.15) is 42.6 Å². The van der Waals surface area contributed by atoms with Crippen LogP contribution >= 0.6 is 0 Å². The summed E-state index contributed by atoms with van der Waals surface area (Å²) in [5.74, 6) is 0.179. The van der Waals surface area contributed by atoms with Crippen molar-refractivity contribution >= 4 is 11.8 Å². The molecule has 1 saturated heterocycles. The van der Waals surface area contributed by atoms with Crippen molar-refractivity contribution in [3.63, 3.8) is 0 Å². The lowest BCUT2D eigenvalue weighted by atomic mass is 9.97. The topological polar surface area (TPSA) is 75.4 Å². The number of hydrogen-bond donors (Lipinski definition) is 1. The van der Waals surface area contributed by atoms with Gasteiger partial charge in [0.25, 0.3) is 5.91 Å². The molecule has 1 aromatic rings. The first-order chi connectivity index (χ1) is 8.89. The van der Waals surface area contributed by atoms with Crippen LogP contribution in [0.25, 0.3) is 0 Å². The van der Waals surface area contributed by atoms with E-state index in [4.69, 9.17) is 4.52 Å². The summed E-state index contributed by atoms with van der Waals surface area (Å²) in [5.41, 5.74) is 0.277. The molecule has 2 rings (SSSR count). The maximum atomic E-state index is 12.7. The van der Waals surface area contributed by atoms with Crippen LogP contribution in [0, 0.1) is 6.92 Å². The Balaban J connectivity index is 2.38. The van der Waals surface area contributed by atoms with Gasteiger partial charge in [0.1, 0.15) is 16.9 Å². The minimum absolute atomic E-state index is 0.140. The number of carbonyl (C=O) groups excluding carboxylic acids is 2. The Morgan fingerprint density at radius 3 is 2.84 bits per heavy atom. The molecule has 0 bridgehead atoms. The Hall–Kier alpha value is -1.85. The van der Waals surface area contributed by atoms with Crippen LogP contribution in [-0.2, 0) is 11.2 Å². The second kappa shape index (κ2) is 4.68. The number of piperazine rings is 1. The van der Waals surface area contributed by atoms with E-state index in [-0.39, 0.29) is 11.8 Å². The minimum atomic E-state index is -0.857. The molecule has 1 fully saturated rings. The van der Waals surface area contributed by atoms with Gasteiger partial charge in [-0.2, -0.15) is 0 Å². The number of nitrogens with zero attached hydrogens (tertiary/aromatic N) is 2. The molecular weight excluding hydrogens is 246 g/mol. The molecule has 104 valence electrons. The van der Waals surface area contributed by atoms with Crippen molar-refractivity contribution in [2.24, 2.45) is 0 Å². The zero-order valence-electron chi connectivity index (χ0n) is 11.7. The van der Waals surface area contributed by atoms with Crippen molar-refractivity contribution in [2.45, 2.75) is 39.7 Å². The molecule has 6 nitrogen and oxygen atoms in total. The van der Waals surface area contributed by atoms with E-state index in [1.807, 2.05) is 6.92 Å². The van der Waals surface area contributed by atoms with E-state index >= 15 is 0 Å². The number of aryl methyl sites for hydroxylation is 2. The first-order valence-corrected chi connectivity index (χ1v) is 6.45. The third-order valence-electron chi connectivity index (χ3n) is 3.58. The Morgan fingerprint density at radius 1 is 1.53 bits per heavy atom. The number of rotatable bonds is 2. The molecule has 0 saturated carbocycles. The van der Waals surface area contributed by atoms with Crippen LogP contribution < -0.4 is 5.32 Å². The van der Waals surface area contributed by atoms with E-state index in [0.717, 1.165) is 0 Å². The molecule has 0 atom stereocenters. The molecule has 2 amide bonds. The maximum Gasteiger partial charge on any atom is 0.260 e. The average molecular weight is 265 g/mol. The van der Waals surface area contributed by atoms with Crippen LogP contribution in [0.2, 0.25) is 0 Å². The summed E-state index contributed by atoms with van der Waals surface area (Å²) in [4.78, 5) is 26.2. The molecule has 0 unspecified atom stereocenters. The van der Waals surface area contributed by atoms with Gasteiger partial charge in [0.2, 0.25) is 5.91 Å². The monoisotopic (exact) mass is 265 g/mol. The Labute approximate surface area is 112 Å². The number of carbonyl (C=O) groups is 2. The Morgan fingerprint density at radius 2 is 2.21 bits per heavy atom. The van der Waals surface area contributed by atoms with E-state index < -0.39 is 5.54 Å². The predicted molar refractivity (Wildman–Crippen MR) is 68.7 cm³/mol. The second-order valence-electron chi connectivity index (χ2n) is 5.19. The van der Waals surface area contributed by atoms with Gasteiger partial charge < -0.3 is 14.7 Å². The number of amides is 2. The van der Waals surface area contributed by atoms with Crippen LogP contribution in [0.4, 0.5) is 0 Å². The molecule has 1 aliphatic rings. The molecule has 0 aromatic carbocycles. The lowest BCUT2D eigenvalue weighted by molar-refractivity contribution is -0.133. The second-order valence-corrected chi connectivity index (χ2v) is 5.19. The summed E-state index contributed by atoms with van der Waals surface area (Å²) in [6.07, 6.45) is 0.624. The van der Waals surface area contributed by atoms with Gasteiger partial charge >= 0.3 is 0 Å². The van der Waals surface area contributed by atoms with Gasteiger partial charge in [-0.15, -0.1) is 0 Å². The zero-order valence-corrected chi connectivity index (χ0v) is 11.7. The van der Waals surface area contributed by atoms with Gasteiger partial charge in [-0.3, -0.25) is 9.59 Å². The summed E-state index contributed by atoms with van der Waals surface area (Å²) in [5, 5.41) is 6.67. The van der Waals surface area contributed by atoms with Crippen molar-refractivity contribution < 1.29 is 14.1 Å². The first kappa shape index (κ1) is 13.6. The molecule has 0 spiro atoms. The average Bonchev–Trinajstić information content (AvgIpc) is 2.73. The minimum Gasteiger partial charge on any atom is -0.361 e. The van der Waals surface area contributed by atoms with E-state index in [1.165, 1.54) is 0 Å².